The number of nitrogens with zero attached hydrogens (tertiary/aromatic N) is 1. The Hall–Kier alpha value is 0.0800. The highest BCUT2D eigenvalue weighted by atomic mass is 127. The molecule has 0 aliphatic heterocycles. The molecule has 0 amide bonds. The van der Waals surface area contributed by atoms with Gasteiger partial charge in [0.1, 0.15) is 0 Å². The van der Waals surface area contributed by atoms with Crippen LogP contribution in [-0.4, -0.2) is 0 Å². The van der Waals surface area contributed by atoms with Gasteiger partial charge in [0, 0.05) is 44.2 Å². The van der Waals surface area contributed by atoms with Gasteiger partial charge >= 0.3 is 0 Å². The Morgan fingerprint density at radius 2 is 0.658 bits per heavy atom. The highest BCUT2D eigenvalue weighted by molar-refractivity contribution is 14.1. The fraction of sp³-hybridized carbons (Fsp3) is 0. The molecule has 0 aliphatic rings. The summed E-state index contributed by atoms with van der Waals surface area (Å²) in [6.45, 7) is 0. The minimum absolute atomic E-state index is 0.830. The first-order valence-electron chi connectivity index (χ1n) is 11.2. The summed E-state index contributed by atoms with van der Waals surface area (Å²) in [5.41, 5.74) is 9.81. The van der Waals surface area contributed by atoms with E-state index in [4.69, 9.17) is 5.73 Å². The number of benzene rings is 5. The predicted octanol–water partition coefficient (Wildman–Crippen LogP) is 11.7. The summed E-state index contributed by atoms with van der Waals surface area (Å²) in [6, 6.07) is 41.9. The van der Waals surface area contributed by atoms with Crippen LogP contribution in [0.3, 0.4) is 0 Å². The third-order valence-corrected chi connectivity index (χ3v) is 8.86. The van der Waals surface area contributed by atoms with Crippen LogP contribution in [0, 0.1) is 21.4 Å². The molecule has 0 radical (unpaired) electrons. The number of nitrogens with two attached hydrogens (primary N) is 1. The minimum Gasteiger partial charge on any atom is -0.399 e. The average Bonchev–Trinajstić information content (AvgIpc) is 2.85. The van der Waals surface area contributed by atoms with Crippen molar-refractivity contribution in [2.75, 3.05) is 10.6 Å². The van der Waals surface area contributed by atoms with Crippen molar-refractivity contribution in [2.45, 2.75) is 0 Å². The van der Waals surface area contributed by atoms with Gasteiger partial charge in [-0.2, -0.15) is 0 Å². The van der Waals surface area contributed by atoms with Gasteiger partial charge in [0.15, 0.2) is 0 Å². The maximum Gasteiger partial charge on any atom is 0.0472 e. The first-order chi connectivity index (χ1) is 18.2. The first kappa shape index (κ1) is 32.6. The number of nitrogen functional groups attached to an aromatic ring is 1. The molecule has 0 aromatic heterocycles. The fourth-order valence-corrected chi connectivity index (χ4v) is 7.09. The summed E-state index contributed by atoms with van der Waals surface area (Å²) in [4.78, 5) is 2.30. The molecule has 5 aromatic rings. The molecule has 0 aliphatic carbocycles. The fourth-order valence-electron chi connectivity index (χ4n) is 3.26. The van der Waals surface area contributed by atoms with E-state index in [0.717, 1.165) is 5.69 Å². The topological polar surface area (TPSA) is 29.3 Å². The Morgan fingerprint density at radius 1 is 0.368 bits per heavy atom. The lowest BCUT2D eigenvalue weighted by Gasteiger charge is -2.26. The van der Waals surface area contributed by atoms with Crippen molar-refractivity contribution in [2.24, 2.45) is 0 Å². The van der Waals surface area contributed by atoms with Crippen molar-refractivity contribution in [3.63, 3.8) is 0 Å². The number of hydrogen-bond acceptors (Lipinski definition) is 2. The SMILES string of the molecule is Ic1cccc(I)c1.Ic1cccc(N(c2cccc(I)c2)c2cccc(I)c2)c1.Nc1cccc(I)c1. The van der Waals surface area contributed by atoms with Crippen molar-refractivity contribution < 1.29 is 0 Å². The lowest BCUT2D eigenvalue weighted by atomic mass is 10.2. The summed E-state index contributed by atoms with van der Waals surface area (Å²) in [6.07, 6.45) is 0. The summed E-state index contributed by atoms with van der Waals surface area (Å²) in [5, 5.41) is 0. The van der Waals surface area contributed by atoms with E-state index in [1.807, 2.05) is 24.3 Å². The lowest BCUT2D eigenvalue weighted by molar-refractivity contribution is 1.27. The third kappa shape index (κ3) is 11.5. The number of halogens is 6. The molecule has 2 nitrogen and oxygen atoms in total. The Morgan fingerprint density at radius 3 is 0.895 bits per heavy atom. The zero-order chi connectivity index (χ0) is 27.5. The van der Waals surface area contributed by atoms with E-state index in [1.165, 1.54) is 38.5 Å². The molecule has 0 atom stereocenters. The van der Waals surface area contributed by atoms with E-state index in [0.29, 0.717) is 0 Å². The molecule has 0 saturated heterocycles. The van der Waals surface area contributed by atoms with E-state index in [1.54, 1.807) is 0 Å². The Labute approximate surface area is 306 Å². The summed E-state index contributed by atoms with van der Waals surface area (Å²) >= 11 is 13.9. The molecule has 2 N–H and O–H groups in total. The average molecular weight is 1170 g/mol. The van der Waals surface area contributed by atoms with Crippen LogP contribution in [0.15, 0.2) is 121 Å². The van der Waals surface area contributed by atoms with Crippen LogP contribution >= 0.6 is 136 Å². The predicted molar refractivity (Wildman–Crippen MR) is 215 cm³/mol. The van der Waals surface area contributed by atoms with Crippen LogP contribution in [0.2, 0.25) is 0 Å². The quantitative estimate of drug-likeness (QED) is 0.144. The third-order valence-electron chi connectivity index (χ3n) is 4.83. The van der Waals surface area contributed by atoms with Crippen molar-refractivity contribution in [3.05, 3.63) is 143 Å². The zero-order valence-electron chi connectivity index (χ0n) is 19.8. The minimum atomic E-state index is 0.830. The molecule has 0 bridgehead atoms. The summed E-state index contributed by atoms with van der Waals surface area (Å²) < 4.78 is 7.48. The molecule has 0 fully saturated rings. The molecule has 0 saturated carbocycles. The normalized spacial score (nSPS) is 9.95. The molecule has 194 valence electrons. The molecule has 8 heteroatoms. The second-order valence-corrected chi connectivity index (χ2v) is 15.2. The van der Waals surface area contributed by atoms with Gasteiger partial charge in [-0.15, -0.1) is 0 Å². The van der Waals surface area contributed by atoms with Gasteiger partial charge in [-0.1, -0.05) is 30.3 Å². The van der Waals surface area contributed by atoms with Crippen LogP contribution in [0.25, 0.3) is 0 Å². The van der Waals surface area contributed by atoms with E-state index < -0.39 is 0 Å². The second-order valence-electron chi connectivity index (χ2n) is 7.77. The molecule has 0 unspecified atom stereocenters. The molecular weight excluding hydrogens is 1150 g/mol. The highest BCUT2D eigenvalue weighted by Gasteiger charge is 2.13. The van der Waals surface area contributed by atoms with Gasteiger partial charge < -0.3 is 10.6 Å². The van der Waals surface area contributed by atoms with E-state index in [-0.39, 0.29) is 0 Å². The molecule has 5 rings (SSSR count). The van der Waals surface area contributed by atoms with E-state index in [9.17, 15) is 0 Å². The highest BCUT2D eigenvalue weighted by Crippen LogP contribution is 2.36. The number of anilines is 4. The summed E-state index contributed by atoms with van der Waals surface area (Å²) in [7, 11) is 0. The van der Waals surface area contributed by atoms with Gasteiger partial charge in [0.2, 0.25) is 0 Å². The van der Waals surface area contributed by atoms with Gasteiger partial charge in [-0.3, -0.25) is 0 Å². The van der Waals surface area contributed by atoms with Gasteiger partial charge in [0.25, 0.3) is 0 Å². The molecule has 38 heavy (non-hydrogen) atoms. The second kappa shape index (κ2) is 17.1. The van der Waals surface area contributed by atoms with Gasteiger partial charge in [-0.25, -0.2) is 0 Å². The van der Waals surface area contributed by atoms with Crippen LogP contribution in [0.5, 0.6) is 0 Å². The number of rotatable bonds is 3. The molecule has 5 aromatic carbocycles. The van der Waals surface area contributed by atoms with Crippen molar-refractivity contribution in [1.82, 2.24) is 0 Å². The lowest BCUT2D eigenvalue weighted by Crippen LogP contribution is -2.10. The number of hydrogen-bond donors (Lipinski definition) is 1. The van der Waals surface area contributed by atoms with Crippen LogP contribution < -0.4 is 10.6 Å². The Balaban J connectivity index is 0.000000203. The van der Waals surface area contributed by atoms with Crippen LogP contribution in [-0.2, 0) is 0 Å². The monoisotopic (exact) mass is 1170 g/mol. The Kier molecular flexibility index (Phi) is 14.7. The maximum atomic E-state index is 5.45. The Bertz CT molecular complexity index is 1290. The first-order valence-corrected chi connectivity index (χ1v) is 17.7. The van der Waals surface area contributed by atoms with E-state index >= 15 is 0 Å². The molecule has 0 heterocycles. The summed E-state index contributed by atoms with van der Waals surface area (Å²) in [5.74, 6) is 0. The zero-order valence-corrected chi connectivity index (χ0v) is 32.8. The smallest absolute Gasteiger partial charge is 0.0472 e. The maximum absolute atomic E-state index is 5.45. The molecule has 0 spiro atoms. The molecular formula is C30H22I6N2. The van der Waals surface area contributed by atoms with Crippen molar-refractivity contribution in [1.29, 1.82) is 0 Å². The largest absolute Gasteiger partial charge is 0.399 e. The van der Waals surface area contributed by atoms with Crippen LogP contribution in [0.4, 0.5) is 22.7 Å². The van der Waals surface area contributed by atoms with Gasteiger partial charge in [0.05, 0.1) is 0 Å². The van der Waals surface area contributed by atoms with Crippen molar-refractivity contribution >= 4 is 158 Å². The van der Waals surface area contributed by atoms with Crippen molar-refractivity contribution in [3.8, 4) is 0 Å². The standard InChI is InChI=1S/C18H12I3N.C6H4I2.C6H6IN/c19-13-4-1-7-16(10-13)22(17-8-2-5-14(20)11-17)18-9-3-6-15(21)12-18;2*7-5-2-1-3-6(8)4-5/h1-12H;1-4H;1-4H,8H2. The van der Waals surface area contributed by atoms with Crippen LogP contribution in [0.1, 0.15) is 0 Å². The van der Waals surface area contributed by atoms with Gasteiger partial charge in [-0.05, 0) is 227 Å². The van der Waals surface area contributed by atoms with E-state index in [2.05, 4.69) is 238 Å².